The minimum atomic E-state index is -1.05. The first-order valence-electron chi connectivity index (χ1n) is 4.76. The van der Waals surface area contributed by atoms with Crippen LogP contribution in [0.5, 0.6) is 0 Å². The molecule has 0 aliphatic heterocycles. The van der Waals surface area contributed by atoms with E-state index in [0.29, 0.717) is 0 Å². The fraction of sp³-hybridized carbons (Fsp3) is 0.600. The Labute approximate surface area is 91.9 Å². The second-order valence-electron chi connectivity index (χ2n) is 3.51. The number of ketones is 2. The Kier molecular flexibility index (Phi) is 3.76. The molecule has 1 rings (SSSR count). The Bertz CT molecular complexity index is 345. The largest absolute Gasteiger partial charge is 0.468 e. The van der Waals surface area contributed by atoms with E-state index in [1.165, 1.54) is 0 Å². The monoisotopic (exact) mass is 228 g/mol. The second kappa shape index (κ2) is 4.87. The predicted molar refractivity (Wildman–Crippen MR) is 50.3 cm³/mol. The SMILES string of the molecule is COC(=O)[C@H]1CC(=O)[C@@H](OC(C)=O)CC1=O. The maximum absolute atomic E-state index is 11.5. The summed E-state index contributed by atoms with van der Waals surface area (Å²) in [6.07, 6.45) is -1.56. The quantitative estimate of drug-likeness (QED) is 0.473. The van der Waals surface area contributed by atoms with Gasteiger partial charge in [-0.25, -0.2) is 0 Å². The molecule has 0 N–H and O–H groups in total. The zero-order chi connectivity index (χ0) is 12.3. The van der Waals surface area contributed by atoms with E-state index in [9.17, 15) is 19.2 Å². The van der Waals surface area contributed by atoms with Gasteiger partial charge in [-0.1, -0.05) is 0 Å². The highest BCUT2D eigenvalue weighted by molar-refractivity contribution is 6.08. The van der Waals surface area contributed by atoms with Gasteiger partial charge in [0.15, 0.2) is 17.7 Å². The molecule has 0 heterocycles. The number of Topliss-reactive ketones (excluding diaryl/α,β-unsaturated/α-hetero) is 2. The molecule has 6 nitrogen and oxygen atoms in total. The summed E-state index contributed by atoms with van der Waals surface area (Å²) in [4.78, 5) is 44.8. The van der Waals surface area contributed by atoms with Crippen molar-refractivity contribution in [1.82, 2.24) is 0 Å². The van der Waals surface area contributed by atoms with E-state index in [4.69, 9.17) is 0 Å². The van der Waals surface area contributed by atoms with Gasteiger partial charge in [0.25, 0.3) is 0 Å². The molecular formula is C10H12O6. The van der Waals surface area contributed by atoms with Crippen LogP contribution in [0.15, 0.2) is 0 Å². The Balaban J connectivity index is 2.70. The van der Waals surface area contributed by atoms with Gasteiger partial charge in [0.2, 0.25) is 0 Å². The third kappa shape index (κ3) is 2.65. The van der Waals surface area contributed by atoms with E-state index in [0.717, 1.165) is 14.0 Å². The highest BCUT2D eigenvalue weighted by Gasteiger charge is 2.40. The van der Waals surface area contributed by atoms with E-state index in [2.05, 4.69) is 9.47 Å². The normalized spacial score (nSPS) is 25.1. The summed E-state index contributed by atoms with van der Waals surface area (Å²) in [5.41, 5.74) is 0. The first-order valence-corrected chi connectivity index (χ1v) is 4.76. The summed E-state index contributed by atoms with van der Waals surface area (Å²) in [5.74, 6) is -3.26. The van der Waals surface area contributed by atoms with Gasteiger partial charge in [-0.15, -0.1) is 0 Å². The van der Waals surface area contributed by atoms with E-state index >= 15 is 0 Å². The Morgan fingerprint density at radius 3 is 2.31 bits per heavy atom. The Morgan fingerprint density at radius 1 is 1.19 bits per heavy atom. The lowest BCUT2D eigenvalue weighted by Crippen LogP contribution is -2.41. The molecule has 0 unspecified atom stereocenters. The molecule has 0 aromatic carbocycles. The number of carbonyl (C=O) groups excluding carboxylic acids is 4. The number of methoxy groups -OCH3 is 1. The molecule has 0 aromatic heterocycles. The molecule has 0 amide bonds. The number of ether oxygens (including phenoxy) is 2. The van der Waals surface area contributed by atoms with Crippen molar-refractivity contribution in [2.75, 3.05) is 7.11 Å². The molecule has 0 spiro atoms. The van der Waals surface area contributed by atoms with Crippen molar-refractivity contribution in [3.05, 3.63) is 0 Å². The van der Waals surface area contributed by atoms with Crippen molar-refractivity contribution in [2.24, 2.45) is 5.92 Å². The van der Waals surface area contributed by atoms with Crippen molar-refractivity contribution < 1.29 is 28.7 Å². The number of hydrogen-bond acceptors (Lipinski definition) is 6. The van der Waals surface area contributed by atoms with Crippen molar-refractivity contribution in [3.8, 4) is 0 Å². The molecule has 1 aliphatic rings. The van der Waals surface area contributed by atoms with E-state index in [-0.39, 0.29) is 12.8 Å². The number of carbonyl (C=O) groups is 4. The van der Waals surface area contributed by atoms with Crippen molar-refractivity contribution in [3.63, 3.8) is 0 Å². The van der Waals surface area contributed by atoms with Crippen LogP contribution in [0.25, 0.3) is 0 Å². The molecule has 0 bridgehead atoms. The van der Waals surface area contributed by atoms with Crippen molar-refractivity contribution in [2.45, 2.75) is 25.9 Å². The molecule has 1 saturated carbocycles. The minimum Gasteiger partial charge on any atom is -0.468 e. The summed E-state index contributed by atoms with van der Waals surface area (Å²) in [5, 5.41) is 0. The van der Waals surface area contributed by atoms with Gasteiger partial charge in [-0.3, -0.25) is 19.2 Å². The fourth-order valence-electron chi connectivity index (χ4n) is 1.55. The van der Waals surface area contributed by atoms with Crippen LogP contribution in [0.1, 0.15) is 19.8 Å². The predicted octanol–water partition coefficient (Wildman–Crippen LogP) is -0.361. The lowest BCUT2D eigenvalue weighted by Gasteiger charge is -2.24. The van der Waals surface area contributed by atoms with E-state index in [1.807, 2.05) is 0 Å². The third-order valence-corrected chi connectivity index (χ3v) is 2.33. The Morgan fingerprint density at radius 2 is 1.81 bits per heavy atom. The van der Waals surface area contributed by atoms with Gasteiger partial charge >= 0.3 is 11.9 Å². The molecule has 2 atom stereocenters. The van der Waals surface area contributed by atoms with E-state index < -0.39 is 35.5 Å². The van der Waals surface area contributed by atoms with Crippen LogP contribution >= 0.6 is 0 Å². The molecule has 16 heavy (non-hydrogen) atoms. The van der Waals surface area contributed by atoms with Crippen LogP contribution in [0.4, 0.5) is 0 Å². The third-order valence-electron chi connectivity index (χ3n) is 2.33. The average Bonchev–Trinajstić information content (AvgIpc) is 2.21. The standard InChI is InChI=1S/C10H12O6/c1-5(11)16-9-4-7(12)6(3-8(9)13)10(14)15-2/h6,9H,3-4H2,1-2H3/t6-,9-/m0/s1. The summed E-state index contributed by atoms with van der Waals surface area (Å²) in [6.45, 7) is 1.16. The molecule has 6 heteroatoms. The first kappa shape index (κ1) is 12.4. The minimum absolute atomic E-state index is 0.252. The van der Waals surface area contributed by atoms with Gasteiger partial charge in [0, 0.05) is 13.3 Å². The number of hydrogen-bond donors (Lipinski definition) is 0. The highest BCUT2D eigenvalue weighted by Crippen LogP contribution is 2.21. The van der Waals surface area contributed by atoms with Crippen LogP contribution in [-0.2, 0) is 28.7 Å². The van der Waals surface area contributed by atoms with Gasteiger partial charge < -0.3 is 9.47 Å². The smallest absolute Gasteiger partial charge is 0.316 e. The zero-order valence-electron chi connectivity index (χ0n) is 9.02. The topological polar surface area (TPSA) is 86.7 Å². The molecule has 1 fully saturated rings. The first-order chi connectivity index (χ1) is 7.45. The van der Waals surface area contributed by atoms with Gasteiger partial charge in [-0.05, 0) is 0 Å². The second-order valence-corrected chi connectivity index (χ2v) is 3.51. The van der Waals surface area contributed by atoms with E-state index in [1.54, 1.807) is 0 Å². The highest BCUT2D eigenvalue weighted by atomic mass is 16.5. The molecular weight excluding hydrogens is 216 g/mol. The number of rotatable bonds is 2. The maximum Gasteiger partial charge on any atom is 0.316 e. The summed E-state index contributed by atoms with van der Waals surface area (Å²) in [6, 6.07) is 0. The molecule has 0 radical (unpaired) electrons. The zero-order valence-corrected chi connectivity index (χ0v) is 9.02. The fourth-order valence-corrected chi connectivity index (χ4v) is 1.55. The van der Waals surface area contributed by atoms with Crippen LogP contribution in [-0.4, -0.2) is 36.7 Å². The molecule has 0 aromatic rings. The number of esters is 2. The van der Waals surface area contributed by atoms with Crippen LogP contribution in [0.3, 0.4) is 0 Å². The molecule has 1 aliphatic carbocycles. The summed E-state index contributed by atoms with van der Waals surface area (Å²) in [7, 11) is 1.15. The van der Waals surface area contributed by atoms with Gasteiger partial charge in [-0.2, -0.15) is 0 Å². The van der Waals surface area contributed by atoms with Crippen LogP contribution in [0, 0.1) is 5.92 Å². The van der Waals surface area contributed by atoms with Gasteiger partial charge in [0.05, 0.1) is 13.5 Å². The average molecular weight is 228 g/mol. The van der Waals surface area contributed by atoms with Crippen LogP contribution < -0.4 is 0 Å². The van der Waals surface area contributed by atoms with Gasteiger partial charge in [0.1, 0.15) is 5.92 Å². The molecule has 88 valence electrons. The maximum atomic E-state index is 11.5. The van der Waals surface area contributed by atoms with Crippen LogP contribution in [0.2, 0.25) is 0 Å². The summed E-state index contributed by atoms with van der Waals surface area (Å²) >= 11 is 0. The van der Waals surface area contributed by atoms with Crippen molar-refractivity contribution in [1.29, 1.82) is 0 Å². The molecule has 0 saturated heterocycles. The lowest BCUT2D eigenvalue weighted by molar-refractivity contribution is -0.162. The Hall–Kier alpha value is -1.72. The lowest BCUT2D eigenvalue weighted by atomic mass is 9.85. The van der Waals surface area contributed by atoms with Crippen molar-refractivity contribution >= 4 is 23.5 Å². The summed E-state index contributed by atoms with van der Waals surface area (Å²) < 4.78 is 9.08.